The Morgan fingerprint density at radius 3 is 1.18 bits per heavy atom. The van der Waals surface area contributed by atoms with Gasteiger partial charge in [0.2, 0.25) is 5.91 Å². The average molecular weight is 929 g/mol. The largest absolute Gasteiger partial charge is 0.466 e. The Morgan fingerprint density at radius 1 is 0.424 bits per heavy atom. The number of unbranched alkanes of at least 4 members (excludes halogenated alkanes) is 39. The van der Waals surface area contributed by atoms with Crippen LogP contribution in [0.4, 0.5) is 0 Å². The van der Waals surface area contributed by atoms with Gasteiger partial charge in [-0.25, -0.2) is 0 Å². The number of nitrogens with one attached hydrogen (secondary N) is 1. The van der Waals surface area contributed by atoms with E-state index in [-0.39, 0.29) is 18.5 Å². The van der Waals surface area contributed by atoms with E-state index >= 15 is 0 Å². The minimum Gasteiger partial charge on any atom is -0.466 e. The summed E-state index contributed by atoms with van der Waals surface area (Å²) in [4.78, 5) is 24.5. The molecule has 0 saturated carbocycles. The number of amides is 1. The van der Waals surface area contributed by atoms with Crippen LogP contribution in [0.25, 0.3) is 0 Å². The Hall–Kier alpha value is -1.92. The second-order valence-corrected chi connectivity index (χ2v) is 20.0. The Kier molecular flexibility index (Phi) is 54.1. The highest BCUT2D eigenvalue weighted by Gasteiger charge is 2.17. The van der Waals surface area contributed by atoms with Gasteiger partial charge in [-0.05, 0) is 51.4 Å². The van der Waals surface area contributed by atoms with Gasteiger partial charge in [-0.1, -0.05) is 281 Å². The number of ether oxygens (including phenoxy) is 1. The van der Waals surface area contributed by atoms with Gasteiger partial charge < -0.3 is 20.3 Å². The molecule has 2 unspecified atom stereocenters. The lowest BCUT2D eigenvalue weighted by molar-refractivity contribution is -0.143. The average Bonchev–Trinajstić information content (AvgIpc) is 3.32. The van der Waals surface area contributed by atoms with E-state index in [4.69, 9.17) is 4.74 Å². The maximum atomic E-state index is 12.4. The fourth-order valence-electron chi connectivity index (χ4n) is 8.92. The second kappa shape index (κ2) is 55.7. The third-order valence-electron chi connectivity index (χ3n) is 13.4. The zero-order chi connectivity index (χ0) is 47.9. The molecule has 6 nitrogen and oxygen atoms in total. The molecule has 0 aliphatic carbocycles. The van der Waals surface area contributed by atoms with Crippen LogP contribution in [-0.4, -0.2) is 47.4 Å². The highest BCUT2D eigenvalue weighted by atomic mass is 16.5. The molecule has 2 atom stereocenters. The van der Waals surface area contributed by atoms with E-state index in [1.807, 2.05) is 12.2 Å². The molecule has 0 heterocycles. The van der Waals surface area contributed by atoms with Gasteiger partial charge in [0.15, 0.2) is 0 Å². The van der Waals surface area contributed by atoms with Crippen molar-refractivity contribution in [3.63, 3.8) is 0 Å². The zero-order valence-electron chi connectivity index (χ0n) is 44.2. The number of aliphatic hydroxyl groups excluding tert-OH is 2. The lowest BCUT2D eigenvalue weighted by Gasteiger charge is -2.19. The second-order valence-electron chi connectivity index (χ2n) is 20.0. The van der Waals surface area contributed by atoms with Crippen LogP contribution < -0.4 is 5.32 Å². The summed E-state index contributed by atoms with van der Waals surface area (Å²) in [6.07, 6.45) is 69.0. The molecule has 0 saturated heterocycles. The van der Waals surface area contributed by atoms with Crippen molar-refractivity contribution in [2.24, 2.45) is 0 Å². The smallest absolute Gasteiger partial charge is 0.305 e. The molecule has 0 rings (SSSR count). The van der Waals surface area contributed by atoms with Crippen molar-refractivity contribution in [2.45, 2.75) is 321 Å². The number of hydrogen-bond donors (Lipinski definition) is 3. The molecule has 0 radical (unpaired) electrons. The Labute approximate surface area is 411 Å². The highest BCUT2D eigenvalue weighted by Crippen LogP contribution is 2.17. The SMILES string of the molecule is CCCCCCCCCCCCCCCCCCCCCC/C=C/C(O)C(CO)NC(=O)CC/C=C\C/C=C\CCCCCCCCOC(=O)CCCCCCCCCCCCCCCC. The van der Waals surface area contributed by atoms with Gasteiger partial charge >= 0.3 is 5.97 Å². The van der Waals surface area contributed by atoms with Gasteiger partial charge in [-0.15, -0.1) is 0 Å². The minimum atomic E-state index is -0.880. The Morgan fingerprint density at radius 2 is 0.773 bits per heavy atom. The van der Waals surface area contributed by atoms with Crippen molar-refractivity contribution in [2.75, 3.05) is 13.2 Å². The lowest BCUT2D eigenvalue weighted by atomic mass is 10.0. The third kappa shape index (κ3) is 51.5. The number of rotatable bonds is 54. The van der Waals surface area contributed by atoms with Crippen LogP contribution in [0.3, 0.4) is 0 Å². The van der Waals surface area contributed by atoms with Crippen molar-refractivity contribution in [3.8, 4) is 0 Å². The van der Waals surface area contributed by atoms with Gasteiger partial charge in [0.05, 0.1) is 25.4 Å². The Balaban J connectivity index is 3.57. The number of carbonyl (C=O) groups is 2. The van der Waals surface area contributed by atoms with Gasteiger partial charge in [0.1, 0.15) is 0 Å². The van der Waals surface area contributed by atoms with Crippen molar-refractivity contribution in [1.82, 2.24) is 5.32 Å². The van der Waals surface area contributed by atoms with Gasteiger partial charge in [-0.3, -0.25) is 9.59 Å². The summed E-state index contributed by atoms with van der Waals surface area (Å²) in [7, 11) is 0. The molecule has 0 aromatic heterocycles. The van der Waals surface area contributed by atoms with Crippen LogP contribution in [0, 0.1) is 0 Å². The fourth-order valence-corrected chi connectivity index (χ4v) is 8.92. The molecular formula is C60H113NO5. The number of allylic oxidation sites excluding steroid dienone is 5. The highest BCUT2D eigenvalue weighted by molar-refractivity contribution is 5.76. The van der Waals surface area contributed by atoms with Crippen LogP contribution >= 0.6 is 0 Å². The standard InChI is InChI=1S/C60H113NO5/c1-3-5-7-9-11-13-15-17-19-20-21-22-23-24-25-26-28-32-36-40-44-48-52-58(63)57(56-62)61-59(64)53-49-45-41-37-33-29-27-31-35-39-43-47-51-55-66-60(65)54-50-46-42-38-34-30-18-16-14-12-10-8-6-4-2/h29,33,41,45,48,52,57-58,62-63H,3-28,30-32,34-40,42-44,46-47,49-51,53-56H2,1-2H3,(H,61,64)/b33-29-,45-41-,52-48+. The number of hydrogen-bond acceptors (Lipinski definition) is 5. The maximum absolute atomic E-state index is 12.4. The molecule has 0 bridgehead atoms. The first-order chi connectivity index (χ1) is 32.5. The Bertz CT molecular complexity index is 1070. The van der Waals surface area contributed by atoms with Gasteiger partial charge in [0.25, 0.3) is 0 Å². The van der Waals surface area contributed by atoms with Crippen LogP contribution in [0.1, 0.15) is 309 Å². The molecule has 0 aliphatic rings. The third-order valence-corrected chi connectivity index (χ3v) is 13.4. The predicted molar refractivity (Wildman–Crippen MR) is 287 cm³/mol. The first-order valence-electron chi connectivity index (χ1n) is 29.3. The summed E-state index contributed by atoms with van der Waals surface area (Å²) in [5.41, 5.74) is 0. The number of carbonyl (C=O) groups excluding carboxylic acids is 2. The zero-order valence-corrected chi connectivity index (χ0v) is 44.2. The van der Waals surface area contributed by atoms with Crippen molar-refractivity contribution in [1.29, 1.82) is 0 Å². The van der Waals surface area contributed by atoms with Gasteiger partial charge in [-0.2, -0.15) is 0 Å². The maximum Gasteiger partial charge on any atom is 0.305 e. The quantitative estimate of drug-likeness (QED) is 0.0321. The van der Waals surface area contributed by atoms with E-state index in [9.17, 15) is 19.8 Å². The molecule has 1 amide bonds. The number of esters is 1. The van der Waals surface area contributed by atoms with Gasteiger partial charge in [0, 0.05) is 12.8 Å². The van der Waals surface area contributed by atoms with Crippen molar-refractivity contribution >= 4 is 11.9 Å². The fraction of sp³-hybridized carbons (Fsp3) is 0.867. The number of aliphatic hydroxyl groups is 2. The summed E-state index contributed by atoms with van der Waals surface area (Å²) < 4.78 is 5.46. The first kappa shape index (κ1) is 64.1. The van der Waals surface area contributed by atoms with Crippen molar-refractivity contribution in [3.05, 3.63) is 36.5 Å². The van der Waals surface area contributed by atoms with E-state index < -0.39 is 12.1 Å². The molecule has 3 N–H and O–H groups in total. The normalized spacial score (nSPS) is 12.8. The monoisotopic (exact) mass is 928 g/mol. The topological polar surface area (TPSA) is 95.9 Å². The molecule has 6 heteroatoms. The molecular weight excluding hydrogens is 815 g/mol. The summed E-state index contributed by atoms with van der Waals surface area (Å²) >= 11 is 0. The summed E-state index contributed by atoms with van der Waals surface area (Å²) in [5, 5.41) is 23.1. The minimum absolute atomic E-state index is 0.0160. The van der Waals surface area contributed by atoms with E-state index in [1.165, 1.54) is 225 Å². The van der Waals surface area contributed by atoms with Crippen LogP contribution in [0.15, 0.2) is 36.5 Å². The van der Waals surface area contributed by atoms with Crippen LogP contribution in [0.2, 0.25) is 0 Å². The van der Waals surface area contributed by atoms with E-state index in [1.54, 1.807) is 6.08 Å². The molecule has 0 spiro atoms. The van der Waals surface area contributed by atoms with E-state index in [0.717, 1.165) is 51.4 Å². The summed E-state index contributed by atoms with van der Waals surface area (Å²) in [6.45, 7) is 4.86. The van der Waals surface area contributed by atoms with Crippen LogP contribution in [-0.2, 0) is 14.3 Å². The van der Waals surface area contributed by atoms with Crippen molar-refractivity contribution < 1.29 is 24.5 Å². The molecule has 66 heavy (non-hydrogen) atoms. The first-order valence-corrected chi connectivity index (χ1v) is 29.3. The summed E-state index contributed by atoms with van der Waals surface area (Å²) in [6, 6.07) is -0.673. The molecule has 0 aromatic rings. The van der Waals surface area contributed by atoms with E-state index in [0.29, 0.717) is 25.9 Å². The molecule has 0 aliphatic heterocycles. The molecule has 0 fully saturated rings. The molecule has 0 aromatic carbocycles. The predicted octanol–water partition coefficient (Wildman–Crippen LogP) is 18.0. The lowest BCUT2D eigenvalue weighted by Crippen LogP contribution is -2.45. The van der Waals surface area contributed by atoms with Crippen LogP contribution in [0.5, 0.6) is 0 Å². The van der Waals surface area contributed by atoms with E-state index in [2.05, 4.69) is 37.4 Å². The summed E-state index contributed by atoms with van der Waals surface area (Å²) in [5.74, 6) is -0.162. The molecule has 388 valence electrons.